The molecule has 0 aromatic heterocycles. The highest BCUT2D eigenvalue weighted by molar-refractivity contribution is 5.37. The van der Waals surface area contributed by atoms with E-state index in [1.807, 2.05) is 6.07 Å². The molecule has 0 aliphatic heterocycles. The molecule has 1 nitrogen and oxygen atoms in total. The number of unbranched alkanes of at least 4 members (excludes halogenated alkanes) is 7. The summed E-state index contributed by atoms with van der Waals surface area (Å²) in [5.74, 6) is 3.03. The van der Waals surface area contributed by atoms with Gasteiger partial charge in [-0.15, -0.1) is 0 Å². The van der Waals surface area contributed by atoms with Crippen molar-refractivity contribution in [2.45, 2.75) is 148 Å². The van der Waals surface area contributed by atoms with Crippen molar-refractivity contribution >= 4 is 0 Å². The van der Waals surface area contributed by atoms with E-state index in [0.717, 1.165) is 36.8 Å². The molecular formula is C33H53FO. The third-order valence-electron chi connectivity index (χ3n) is 9.73. The van der Waals surface area contributed by atoms with Crippen molar-refractivity contribution in [1.82, 2.24) is 0 Å². The number of benzene rings is 1. The highest BCUT2D eigenvalue weighted by Crippen LogP contribution is 2.47. The Morgan fingerprint density at radius 3 is 2.37 bits per heavy atom. The van der Waals surface area contributed by atoms with Crippen molar-refractivity contribution in [3.05, 3.63) is 34.6 Å². The molecule has 0 amide bonds. The first-order valence-electron chi connectivity index (χ1n) is 15.6. The van der Waals surface area contributed by atoms with E-state index in [0.29, 0.717) is 17.9 Å². The zero-order valence-corrected chi connectivity index (χ0v) is 23.0. The lowest BCUT2D eigenvalue weighted by Gasteiger charge is -2.42. The van der Waals surface area contributed by atoms with Crippen LogP contribution in [0.5, 0.6) is 0 Å². The lowest BCUT2D eigenvalue weighted by atomic mass is 9.65. The Kier molecular flexibility index (Phi) is 11.0. The van der Waals surface area contributed by atoms with Gasteiger partial charge >= 0.3 is 0 Å². The quantitative estimate of drug-likeness (QED) is 0.253. The lowest BCUT2D eigenvalue weighted by molar-refractivity contribution is -0.0163. The summed E-state index contributed by atoms with van der Waals surface area (Å²) in [6.07, 6.45) is 24.6. The van der Waals surface area contributed by atoms with Crippen LogP contribution in [0.1, 0.15) is 146 Å². The normalized spacial score (nSPS) is 28.5. The second-order valence-corrected chi connectivity index (χ2v) is 12.3. The standard InChI is InChI=1S/C33H53FO/c1-3-5-7-9-10-12-25-13-14-29-22-30(24-33(34)32(29)20-25)27-15-16-28-23-31(18-17-26(28)21-27)35-19-11-8-6-4-2/h22,24-28,31H,3-21,23H2,1-2H3. The van der Waals surface area contributed by atoms with Crippen molar-refractivity contribution in [2.75, 3.05) is 6.61 Å². The Morgan fingerprint density at radius 2 is 1.54 bits per heavy atom. The maximum absolute atomic E-state index is 15.3. The lowest BCUT2D eigenvalue weighted by Crippen LogP contribution is -2.34. The zero-order valence-electron chi connectivity index (χ0n) is 23.0. The third kappa shape index (κ3) is 7.80. The first-order valence-corrected chi connectivity index (χ1v) is 15.6. The van der Waals surface area contributed by atoms with Crippen LogP contribution in [0.2, 0.25) is 0 Å². The molecule has 4 rings (SSSR count). The Morgan fingerprint density at radius 1 is 0.800 bits per heavy atom. The summed E-state index contributed by atoms with van der Waals surface area (Å²) in [7, 11) is 0. The van der Waals surface area contributed by atoms with Crippen molar-refractivity contribution in [3.63, 3.8) is 0 Å². The predicted octanol–water partition coefficient (Wildman–Crippen LogP) is 9.94. The van der Waals surface area contributed by atoms with Crippen LogP contribution in [-0.2, 0) is 17.6 Å². The van der Waals surface area contributed by atoms with Crippen molar-refractivity contribution in [3.8, 4) is 0 Å². The molecule has 35 heavy (non-hydrogen) atoms. The van der Waals surface area contributed by atoms with Gasteiger partial charge in [0.05, 0.1) is 6.10 Å². The maximum Gasteiger partial charge on any atom is 0.126 e. The van der Waals surface area contributed by atoms with E-state index in [1.165, 1.54) is 120 Å². The van der Waals surface area contributed by atoms with Gasteiger partial charge in [0.2, 0.25) is 0 Å². The minimum Gasteiger partial charge on any atom is -0.378 e. The van der Waals surface area contributed by atoms with Gasteiger partial charge in [0, 0.05) is 6.61 Å². The van der Waals surface area contributed by atoms with Gasteiger partial charge in [0.1, 0.15) is 5.82 Å². The highest BCUT2D eigenvalue weighted by atomic mass is 19.1. The van der Waals surface area contributed by atoms with Gasteiger partial charge in [-0.25, -0.2) is 4.39 Å². The average Bonchev–Trinajstić information content (AvgIpc) is 2.88. The summed E-state index contributed by atoms with van der Waals surface area (Å²) in [5.41, 5.74) is 3.71. The second-order valence-electron chi connectivity index (χ2n) is 12.3. The number of ether oxygens (including phenoxy) is 1. The van der Waals surface area contributed by atoms with Crippen LogP contribution in [0.15, 0.2) is 12.1 Å². The molecule has 2 saturated carbocycles. The first-order chi connectivity index (χ1) is 17.2. The van der Waals surface area contributed by atoms with Crippen LogP contribution in [-0.4, -0.2) is 12.7 Å². The third-order valence-corrected chi connectivity index (χ3v) is 9.73. The van der Waals surface area contributed by atoms with Gasteiger partial charge < -0.3 is 4.74 Å². The zero-order chi connectivity index (χ0) is 24.5. The Labute approximate surface area is 216 Å². The minimum atomic E-state index is 0.107. The monoisotopic (exact) mass is 484 g/mol. The largest absolute Gasteiger partial charge is 0.378 e. The molecular weight excluding hydrogens is 431 g/mol. The smallest absolute Gasteiger partial charge is 0.126 e. The maximum atomic E-state index is 15.3. The first kappa shape index (κ1) is 27.2. The number of hydrogen-bond donors (Lipinski definition) is 0. The molecule has 0 heterocycles. The van der Waals surface area contributed by atoms with E-state index < -0.39 is 0 Å². The molecule has 0 radical (unpaired) electrons. The summed E-state index contributed by atoms with van der Waals surface area (Å²) in [5, 5.41) is 0. The fourth-order valence-corrected chi connectivity index (χ4v) is 7.52. The van der Waals surface area contributed by atoms with Gasteiger partial charge in [-0.2, -0.15) is 0 Å². The molecule has 5 unspecified atom stereocenters. The second kappa shape index (κ2) is 14.2. The fourth-order valence-electron chi connectivity index (χ4n) is 7.52. The van der Waals surface area contributed by atoms with E-state index >= 15 is 4.39 Å². The van der Waals surface area contributed by atoms with Crippen LogP contribution < -0.4 is 0 Å². The summed E-state index contributed by atoms with van der Waals surface area (Å²) >= 11 is 0. The molecule has 5 atom stereocenters. The summed E-state index contributed by atoms with van der Waals surface area (Å²) < 4.78 is 21.6. The molecule has 0 spiro atoms. The molecule has 1 aromatic rings. The van der Waals surface area contributed by atoms with Crippen LogP contribution in [0.25, 0.3) is 0 Å². The summed E-state index contributed by atoms with van der Waals surface area (Å²) in [6.45, 7) is 5.50. The van der Waals surface area contributed by atoms with E-state index in [2.05, 4.69) is 19.9 Å². The molecule has 0 N–H and O–H groups in total. The number of rotatable bonds is 13. The van der Waals surface area contributed by atoms with Crippen LogP contribution in [0, 0.1) is 23.6 Å². The highest BCUT2D eigenvalue weighted by Gasteiger charge is 2.37. The molecule has 0 saturated heterocycles. The van der Waals surface area contributed by atoms with Gasteiger partial charge in [-0.3, -0.25) is 0 Å². The summed E-state index contributed by atoms with van der Waals surface area (Å²) in [6, 6.07) is 4.37. The number of aryl methyl sites for hydroxylation is 1. The number of hydrogen-bond acceptors (Lipinski definition) is 1. The molecule has 2 fully saturated rings. The molecule has 1 aromatic carbocycles. The average molecular weight is 485 g/mol. The number of fused-ring (bicyclic) bond motifs is 2. The molecule has 198 valence electrons. The van der Waals surface area contributed by atoms with E-state index in [9.17, 15) is 0 Å². The predicted molar refractivity (Wildman–Crippen MR) is 147 cm³/mol. The summed E-state index contributed by atoms with van der Waals surface area (Å²) in [4.78, 5) is 0. The minimum absolute atomic E-state index is 0.107. The van der Waals surface area contributed by atoms with E-state index in [1.54, 1.807) is 0 Å². The van der Waals surface area contributed by atoms with E-state index in [-0.39, 0.29) is 5.82 Å². The van der Waals surface area contributed by atoms with Crippen molar-refractivity contribution in [1.29, 1.82) is 0 Å². The molecule has 0 bridgehead atoms. The van der Waals surface area contributed by atoms with Crippen LogP contribution in [0.4, 0.5) is 4.39 Å². The van der Waals surface area contributed by atoms with Gasteiger partial charge in [-0.1, -0.05) is 77.7 Å². The number of halogens is 1. The topological polar surface area (TPSA) is 9.23 Å². The van der Waals surface area contributed by atoms with Crippen LogP contribution >= 0.6 is 0 Å². The van der Waals surface area contributed by atoms with Crippen molar-refractivity contribution in [2.24, 2.45) is 17.8 Å². The van der Waals surface area contributed by atoms with Crippen molar-refractivity contribution < 1.29 is 9.13 Å². The Bertz CT molecular complexity index is 758. The van der Waals surface area contributed by atoms with Gasteiger partial charge in [0.25, 0.3) is 0 Å². The van der Waals surface area contributed by atoms with Crippen LogP contribution in [0.3, 0.4) is 0 Å². The van der Waals surface area contributed by atoms with Gasteiger partial charge in [0.15, 0.2) is 0 Å². The van der Waals surface area contributed by atoms with Gasteiger partial charge in [-0.05, 0) is 111 Å². The molecule has 3 aliphatic carbocycles. The molecule has 3 aliphatic rings. The molecule has 2 heteroatoms. The fraction of sp³-hybridized carbons (Fsp3) is 0.818. The SMILES string of the molecule is CCCCCCCC1CCc2cc(C3CCC4CC(OCCCCCC)CCC4C3)cc(F)c2C1. The van der Waals surface area contributed by atoms with E-state index in [4.69, 9.17) is 4.74 Å². The Balaban J connectivity index is 1.25. The Hall–Kier alpha value is -0.890.